The predicted octanol–water partition coefficient (Wildman–Crippen LogP) is 3.59. The van der Waals surface area contributed by atoms with Gasteiger partial charge >= 0.3 is 5.97 Å². The van der Waals surface area contributed by atoms with Crippen LogP contribution in [0.25, 0.3) is 6.08 Å². The number of halogens is 1. The number of allylic oxidation sites excluding steroid dienone is 1. The first-order chi connectivity index (χ1) is 17.3. The Hall–Kier alpha value is -3.37. The monoisotopic (exact) mass is 572 g/mol. The Bertz CT molecular complexity index is 1540. The number of carbonyl (C=O) groups is 1. The van der Waals surface area contributed by atoms with Crippen LogP contribution >= 0.6 is 27.3 Å². The lowest BCUT2D eigenvalue weighted by atomic mass is 9.95. The van der Waals surface area contributed by atoms with Crippen molar-refractivity contribution < 1.29 is 23.7 Å². The number of para-hydroxylation sites is 1. The zero-order valence-electron chi connectivity index (χ0n) is 20.5. The minimum absolute atomic E-state index is 0.200. The zero-order chi connectivity index (χ0) is 26.0. The summed E-state index contributed by atoms with van der Waals surface area (Å²) in [7, 11) is 4.66. The summed E-state index contributed by atoms with van der Waals surface area (Å²) in [5.74, 6) is 1.13. The molecule has 1 aliphatic heterocycles. The standard InChI is InChI=1S/C26H25BrN2O6S/c1-6-35-25(31)22-14(2)28-26-29(23(22)16-9-7-8-10-18(16)32-3)24(30)21(36-26)12-15-11-19(33-4)20(34-5)13-17(15)27/h7-13,23H,6H2,1-5H3/b21-12-. The highest BCUT2D eigenvalue weighted by Crippen LogP contribution is 2.36. The van der Waals surface area contributed by atoms with Crippen molar-refractivity contribution in [2.75, 3.05) is 27.9 Å². The number of hydrogen-bond acceptors (Lipinski definition) is 8. The van der Waals surface area contributed by atoms with Gasteiger partial charge in [0.2, 0.25) is 0 Å². The van der Waals surface area contributed by atoms with Crippen molar-refractivity contribution in [1.82, 2.24) is 4.57 Å². The summed E-state index contributed by atoms with van der Waals surface area (Å²) in [6.45, 7) is 3.69. The lowest BCUT2D eigenvalue weighted by Gasteiger charge is -2.25. The van der Waals surface area contributed by atoms with E-state index >= 15 is 0 Å². The van der Waals surface area contributed by atoms with Crippen LogP contribution in [0.2, 0.25) is 0 Å². The SMILES string of the molecule is CCOC(=O)C1=C(C)N=c2s/c(=C\c3cc(OC)c(OC)cc3Br)c(=O)n2C1c1ccccc1OC. The van der Waals surface area contributed by atoms with E-state index in [-0.39, 0.29) is 12.2 Å². The van der Waals surface area contributed by atoms with Crippen molar-refractivity contribution in [1.29, 1.82) is 0 Å². The Morgan fingerprint density at radius 2 is 1.78 bits per heavy atom. The summed E-state index contributed by atoms with van der Waals surface area (Å²) in [4.78, 5) is 32.0. The number of ether oxygens (including phenoxy) is 4. The average molecular weight is 573 g/mol. The Kier molecular flexibility index (Phi) is 7.65. The molecule has 3 aromatic rings. The predicted molar refractivity (Wildman–Crippen MR) is 141 cm³/mol. The van der Waals surface area contributed by atoms with Crippen LogP contribution in [0.5, 0.6) is 17.2 Å². The van der Waals surface area contributed by atoms with Crippen LogP contribution in [-0.2, 0) is 9.53 Å². The molecule has 0 fully saturated rings. The minimum Gasteiger partial charge on any atom is -0.496 e. The molecule has 0 spiro atoms. The molecular weight excluding hydrogens is 548 g/mol. The van der Waals surface area contributed by atoms with Crippen molar-refractivity contribution in [3.8, 4) is 17.2 Å². The molecule has 0 saturated heterocycles. The Morgan fingerprint density at radius 3 is 2.44 bits per heavy atom. The van der Waals surface area contributed by atoms with Gasteiger partial charge in [0.1, 0.15) is 11.8 Å². The van der Waals surface area contributed by atoms with Crippen LogP contribution in [0.4, 0.5) is 0 Å². The second kappa shape index (κ2) is 10.7. The maximum absolute atomic E-state index is 13.8. The molecule has 2 aromatic carbocycles. The van der Waals surface area contributed by atoms with E-state index in [4.69, 9.17) is 18.9 Å². The molecule has 0 radical (unpaired) electrons. The number of hydrogen-bond donors (Lipinski definition) is 0. The Labute approximate surface area is 220 Å². The van der Waals surface area contributed by atoms with Crippen LogP contribution in [0.3, 0.4) is 0 Å². The Morgan fingerprint density at radius 1 is 1.11 bits per heavy atom. The normalized spacial score (nSPS) is 15.3. The maximum Gasteiger partial charge on any atom is 0.338 e. The van der Waals surface area contributed by atoms with Gasteiger partial charge in [-0.2, -0.15) is 0 Å². The van der Waals surface area contributed by atoms with Crippen molar-refractivity contribution in [3.63, 3.8) is 0 Å². The van der Waals surface area contributed by atoms with E-state index in [0.717, 1.165) is 10.0 Å². The molecule has 0 amide bonds. The second-order valence-corrected chi connectivity index (χ2v) is 9.64. The van der Waals surface area contributed by atoms with Gasteiger partial charge in [0.15, 0.2) is 16.3 Å². The highest BCUT2D eigenvalue weighted by atomic mass is 79.9. The number of rotatable bonds is 7. The number of esters is 1. The number of fused-ring (bicyclic) bond motifs is 1. The first-order valence-electron chi connectivity index (χ1n) is 11.1. The fourth-order valence-electron chi connectivity index (χ4n) is 4.10. The van der Waals surface area contributed by atoms with Crippen LogP contribution in [0, 0.1) is 0 Å². The van der Waals surface area contributed by atoms with Gasteiger partial charge in [0.25, 0.3) is 5.56 Å². The smallest absolute Gasteiger partial charge is 0.338 e. The third-order valence-corrected chi connectivity index (χ3v) is 7.41. The lowest BCUT2D eigenvalue weighted by molar-refractivity contribution is -0.139. The fraction of sp³-hybridized carbons (Fsp3) is 0.269. The number of methoxy groups -OCH3 is 3. The molecule has 0 aliphatic carbocycles. The molecule has 8 nitrogen and oxygen atoms in total. The van der Waals surface area contributed by atoms with Gasteiger partial charge < -0.3 is 18.9 Å². The second-order valence-electron chi connectivity index (χ2n) is 7.77. The number of thiazole rings is 1. The van der Waals surface area contributed by atoms with Crippen molar-refractivity contribution in [2.45, 2.75) is 19.9 Å². The molecule has 0 N–H and O–H groups in total. The summed E-state index contributed by atoms with van der Waals surface area (Å²) in [5, 5.41) is 0. The van der Waals surface area contributed by atoms with E-state index in [1.54, 1.807) is 59.5 Å². The molecule has 1 atom stereocenters. The van der Waals surface area contributed by atoms with E-state index in [2.05, 4.69) is 20.9 Å². The van der Waals surface area contributed by atoms with E-state index in [1.807, 2.05) is 18.2 Å². The molecule has 1 aromatic heterocycles. The molecule has 4 rings (SSSR count). The number of benzene rings is 2. The molecule has 10 heteroatoms. The van der Waals surface area contributed by atoms with Gasteiger partial charge in [-0.1, -0.05) is 45.5 Å². The zero-order valence-corrected chi connectivity index (χ0v) is 22.9. The van der Waals surface area contributed by atoms with E-state index < -0.39 is 12.0 Å². The molecule has 36 heavy (non-hydrogen) atoms. The van der Waals surface area contributed by atoms with Crippen molar-refractivity contribution in [3.05, 3.63) is 83.0 Å². The van der Waals surface area contributed by atoms with Gasteiger partial charge in [0, 0.05) is 10.0 Å². The van der Waals surface area contributed by atoms with Gasteiger partial charge in [0.05, 0.1) is 43.7 Å². The number of nitrogens with zero attached hydrogens (tertiary/aromatic N) is 2. The molecule has 1 aliphatic rings. The Balaban J connectivity index is 1.99. The fourth-order valence-corrected chi connectivity index (χ4v) is 5.57. The largest absolute Gasteiger partial charge is 0.496 e. The van der Waals surface area contributed by atoms with Gasteiger partial charge in [-0.05, 0) is 43.7 Å². The van der Waals surface area contributed by atoms with E-state index in [0.29, 0.717) is 43.4 Å². The van der Waals surface area contributed by atoms with Crippen LogP contribution in [-0.4, -0.2) is 38.5 Å². The molecule has 0 bridgehead atoms. The quantitative estimate of drug-likeness (QED) is 0.402. The minimum atomic E-state index is -0.757. The molecule has 2 heterocycles. The van der Waals surface area contributed by atoms with Gasteiger partial charge in [-0.25, -0.2) is 9.79 Å². The summed E-state index contributed by atoms with van der Waals surface area (Å²) in [6, 6.07) is 10.1. The summed E-state index contributed by atoms with van der Waals surface area (Å²) in [6.07, 6.45) is 1.76. The molecular formula is C26H25BrN2O6S. The maximum atomic E-state index is 13.8. The third-order valence-electron chi connectivity index (χ3n) is 5.74. The average Bonchev–Trinajstić information content (AvgIpc) is 3.18. The molecule has 0 saturated carbocycles. The van der Waals surface area contributed by atoms with Gasteiger partial charge in [-0.3, -0.25) is 9.36 Å². The lowest BCUT2D eigenvalue weighted by Crippen LogP contribution is -2.40. The highest BCUT2D eigenvalue weighted by Gasteiger charge is 2.35. The van der Waals surface area contributed by atoms with Crippen LogP contribution in [0.15, 0.2) is 61.9 Å². The summed E-state index contributed by atoms with van der Waals surface area (Å²) >= 11 is 4.79. The first kappa shape index (κ1) is 25.7. The third kappa shape index (κ3) is 4.58. The number of carbonyl (C=O) groups excluding carboxylic acids is 1. The highest BCUT2D eigenvalue weighted by molar-refractivity contribution is 9.10. The van der Waals surface area contributed by atoms with Crippen molar-refractivity contribution >= 4 is 39.3 Å². The van der Waals surface area contributed by atoms with Crippen LogP contribution < -0.4 is 29.1 Å². The molecule has 188 valence electrons. The van der Waals surface area contributed by atoms with E-state index in [9.17, 15) is 9.59 Å². The summed E-state index contributed by atoms with van der Waals surface area (Å²) in [5.41, 5.74) is 1.90. The van der Waals surface area contributed by atoms with Crippen molar-refractivity contribution in [2.24, 2.45) is 4.99 Å². The summed E-state index contributed by atoms with van der Waals surface area (Å²) < 4.78 is 24.4. The molecule has 1 unspecified atom stereocenters. The van der Waals surface area contributed by atoms with E-state index in [1.165, 1.54) is 15.9 Å². The van der Waals surface area contributed by atoms with Crippen LogP contribution in [0.1, 0.15) is 31.0 Å². The first-order valence-corrected chi connectivity index (χ1v) is 12.7. The van der Waals surface area contributed by atoms with Gasteiger partial charge in [-0.15, -0.1) is 0 Å². The topological polar surface area (TPSA) is 88.4 Å². The number of aromatic nitrogens is 1.